The molecule has 0 bridgehead atoms. The molecule has 5 nitrogen and oxygen atoms in total. The third-order valence-corrected chi connectivity index (χ3v) is 4.34. The lowest BCUT2D eigenvalue weighted by molar-refractivity contribution is 0.408. The van der Waals surface area contributed by atoms with E-state index in [1.54, 1.807) is 0 Å². The van der Waals surface area contributed by atoms with Gasteiger partial charge in [-0.15, -0.1) is 5.10 Å². The maximum Gasteiger partial charge on any atom is 0.246 e. The minimum Gasteiger partial charge on any atom is -0.335 e. The van der Waals surface area contributed by atoms with E-state index in [4.69, 9.17) is 5.73 Å². The summed E-state index contributed by atoms with van der Waals surface area (Å²) in [7, 11) is 0. The molecule has 1 aliphatic heterocycles. The second-order valence-electron chi connectivity index (χ2n) is 5.15. The van der Waals surface area contributed by atoms with E-state index >= 15 is 0 Å². The van der Waals surface area contributed by atoms with E-state index < -0.39 is 0 Å². The molecule has 0 spiro atoms. The molecule has 0 aliphatic carbocycles. The number of piperidine rings is 1. The summed E-state index contributed by atoms with van der Waals surface area (Å²) in [5, 5.41) is 4.58. The fourth-order valence-corrected chi connectivity index (χ4v) is 3.16. The summed E-state index contributed by atoms with van der Waals surface area (Å²) < 4.78 is 2.77. The van der Waals surface area contributed by atoms with Gasteiger partial charge >= 0.3 is 0 Å². The lowest BCUT2D eigenvalue weighted by Gasteiger charge is -2.37. The van der Waals surface area contributed by atoms with Gasteiger partial charge in [0, 0.05) is 24.8 Å². The highest BCUT2D eigenvalue weighted by molar-refractivity contribution is 9.10. The molecule has 0 saturated carbocycles. The minimum atomic E-state index is 0.135. The van der Waals surface area contributed by atoms with Crippen LogP contribution in [0.4, 0.5) is 5.95 Å². The predicted molar refractivity (Wildman–Crippen MR) is 79.3 cm³/mol. The number of anilines is 1. The van der Waals surface area contributed by atoms with Gasteiger partial charge in [-0.25, -0.2) is 4.52 Å². The lowest BCUT2D eigenvalue weighted by Crippen LogP contribution is -2.49. The average molecular weight is 324 g/mol. The maximum absolute atomic E-state index is 6.11. The summed E-state index contributed by atoms with van der Waals surface area (Å²) in [5.41, 5.74) is 6.96. The van der Waals surface area contributed by atoms with Crippen molar-refractivity contribution in [2.75, 3.05) is 11.4 Å². The van der Waals surface area contributed by atoms with Crippen molar-refractivity contribution in [3.63, 3.8) is 0 Å². The normalized spacial score (nSPS) is 21.8. The van der Waals surface area contributed by atoms with E-state index in [0.29, 0.717) is 6.04 Å². The topological polar surface area (TPSA) is 59.5 Å². The van der Waals surface area contributed by atoms with E-state index in [0.717, 1.165) is 29.0 Å². The number of hydrogen-bond donors (Lipinski definition) is 1. The Morgan fingerprint density at radius 3 is 3.05 bits per heavy atom. The summed E-state index contributed by atoms with van der Waals surface area (Å²) in [6.45, 7) is 3.05. The quantitative estimate of drug-likeness (QED) is 0.920. The van der Waals surface area contributed by atoms with Crippen LogP contribution in [0.1, 0.15) is 26.2 Å². The van der Waals surface area contributed by atoms with E-state index in [1.165, 1.54) is 12.8 Å². The molecule has 2 N–H and O–H groups in total. The largest absolute Gasteiger partial charge is 0.335 e. The van der Waals surface area contributed by atoms with Gasteiger partial charge in [-0.1, -0.05) is 0 Å². The Morgan fingerprint density at radius 1 is 1.47 bits per heavy atom. The van der Waals surface area contributed by atoms with Gasteiger partial charge in [-0.05, 0) is 54.2 Å². The number of pyridine rings is 1. The van der Waals surface area contributed by atoms with Crippen LogP contribution in [-0.4, -0.2) is 33.2 Å². The van der Waals surface area contributed by atoms with Gasteiger partial charge in [0.2, 0.25) is 5.95 Å². The highest BCUT2D eigenvalue weighted by atomic mass is 79.9. The zero-order valence-electron chi connectivity index (χ0n) is 11.0. The van der Waals surface area contributed by atoms with Crippen molar-refractivity contribution < 1.29 is 0 Å². The van der Waals surface area contributed by atoms with Crippen LogP contribution in [0.2, 0.25) is 0 Å². The van der Waals surface area contributed by atoms with Gasteiger partial charge < -0.3 is 10.6 Å². The van der Waals surface area contributed by atoms with Gasteiger partial charge in [0.05, 0.1) is 4.47 Å². The van der Waals surface area contributed by atoms with Gasteiger partial charge in [0.1, 0.15) is 0 Å². The Hall–Kier alpha value is -1.14. The summed E-state index contributed by atoms with van der Waals surface area (Å²) >= 11 is 3.51. The molecule has 1 aliphatic rings. The van der Waals surface area contributed by atoms with Crippen LogP contribution in [0.25, 0.3) is 5.65 Å². The number of rotatable bonds is 2. The number of hydrogen-bond acceptors (Lipinski definition) is 4. The van der Waals surface area contributed by atoms with Crippen LogP contribution in [0.15, 0.2) is 22.8 Å². The Labute approximate surface area is 120 Å². The van der Waals surface area contributed by atoms with Gasteiger partial charge in [-0.2, -0.15) is 4.98 Å². The average Bonchev–Trinajstić information content (AvgIpc) is 2.84. The minimum absolute atomic E-state index is 0.135. The lowest BCUT2D eigenvalue weighted by atomic mass is 9.97. The van der Waals surface area contributed by atoms with Gasteiger partial charge in [0.15, 0.2) is 5.65 Å². The van der Waals surface area contributed by atoms with Gasteiger partial charge in [0.25, 0.3) is 0 Å². The molecule has 102 valence electrons. The zero-order chi connectivity index (χ0) is 13.4. The monoisotopic (exact) mass is 323 g/mol. The number of halogens is 1. The molecule has 0 amide bonds. The second-order valence-corrected chi connectivity index (χ2v) is 6.01. The van der Waals surface area contributed by atoms with E-state index in [1.807, 2.05) is 22.8 Å². The molecular weight excluding hydrogens is 306 g/mol. The summed E-state index contributed by atoms with van der Waals surface area (Å²) in [5.74, 6) is 0.786. The van der Waals surface area contributed by atoms with Crippen molar-refractivity contribution in [2.24, 2.45) is 5.73 Å². The number of fused-ring (bicyclic) bond motifs is 1. The summed E-state index contributed by atoms with van der Waals surface area (Å²) in [4.78, 5) is 6.90. The number of nitrogens with two attached hydrogens (primary N) is 1. The van der Waals surface area contributed by atoms with Crippen LogP contribution in [-0.2, 0) is 0 Å². The predicted octanol–water partition coefficient (Wildman–Crippen LogP) is 2.20. The third-order valence-electron chi connectivity index (χ3n) is 3.72. The maximum atomic E-state index is 6.11. The first kappa shape index (κ1) is 12.9. The van der Waals surface area contributed by atoms with Crippen molar-refractivity contribution in [3.8, 4) is 0 Å². The highest BCUT2D eigenvalue weighted by Crippen LogP contribution is 2.25. The molecule has 2 unspecified atom stereocenters. The van der Waals surface area contributed by atoms with Crippen molar-refractivity contribution in [1.82, 2.24) is 14.6 Å². The number of nitrogens with zero attached hydrogens (tertiary/aromatic N) is 4. The first-order chi connectivity index (χ1) is 9.16. The first-order valence-corrected chi connectivity index (χ1v) is 7.49. The second kappa shape index (κ2) is 5.09. The van der Waals surface area contributed by atoms with E-state index in [-0.39, 0.29) is 6.04 Å². The molecule has 0 radical (unpaired) electrons. The van der Waals surface area contributed by atoms with Crippen LogP contribution in [0, 0.1) is 0 Å². The van der Waals surface area contributed by atoms with Crippen LogP contribution < -0.4 is 10.6 Å². The standard InChI is InChI=1S/C13H18BrN5/c1-9(15)11-6-2-3-7-18(11)13-16-12-10(14)5-4-8-19(12)17-13/h4-5,8-9,11H,2-3,6-7,15H2,1H3. The highest BCUT2D eigenvalue weighted by Gasteiger charge is 2.28. The molecule has 19 heavy (non-hydrogen) atoms. The van der Waals surface area contributed by atoms with Crippen molar-refractivity contribution in [2.45, 2.75) is 38.3 Å². The molecule has 2 aromatic heterocycles. The Balaban J connectivity index is 2.00. The van der Waals surface area contributed by atoms with Crippen LogP contribution in [0.5, 0.6) is 0 Å². The Bertz CT molecular complexity index is 579. The molecule has 3 heterocycles. The molecule has 2 aromatic rings. The summed E-state index contributed by atoms with van der Waals surface area (Å²) in [6.07, 6.45) is 5.45. The van der Waals surface area contributed by atoms with Gasteiger partial charge in [-0.3, -0.25) is 0 Å². The van der Waals surface area contributed by atoms with Crippen LogP contribution >= 0.6 is 15.9 Å². The zero-order valence-corrected chi connectivity index (χ0v) is 12.5. The van der Waals surface area contributed by atoms with Crippen molar-refractivity contribution >= 4 is 27.5 Å². The molecule has 1 saturated heterocycles. The number of aromatic nitrogens is 3. The smallest absolute Gasteiger partial charge is 0.246 e. The molecule has 2 atom stereocenters. The van der Waals surface area contributed by atoms with Crippen molar-refractivity contribution in [1.29, 1.82) is 0 Å². The fraction of sp³-hybridized carbons (Fsp3) is 0.538. The SMILES string of the molecule is CC(N)C1CCCCN1c1nc2c(Br)cccn2n1. The van der Waals surface area contributed by atoms with Crippen LogP contribution in [0.3, 0.4) is 0 Å². The van der Waals surface area contributed by atoms with Crippen molar-refractivity contribution in [3.05, 3.63) is 22.8 Å². The summed E-state index contributed by atoms with van der Waals surface area (Å²) in [6, 6.07) is 4.40. The molecule has 6 heteroatoms. The molecular formula is C13H18BrN5. The third kappa shape index (κ3) is 2.34. The van der Waals surface area contributed by atoms with E-state index in [2.05, 4.69) is 37.8 Å². The molecule has 0 aromatic carbocycles. The molecule has 1 fully saturated rings. The first-order valence-electron chi connectivity index (χ1n) is 6.70. The Kier molecular flexibility index (Phi) is 3.45. The Morgan fingerprint density at radius 2 is 2.32 bits per heavy atom. The fourth-order valence-electron chi connectivity index (χ4n) is 2.74. The van der Waals surface area contributed by atoms with E-state index in [9.17, 15) is 0 Å². The molecule has 3 rings (SSSR count).